The molecule has 3 aromatic heterocycles. The van der Waals surface area contributed by atoms with Gasteiger partial charge in [-0.25, -0.2) is 4.98 Å². The van der Waals surface area contributed by atoms with Crippen LogP contribution < -0.4 is 5.73 Å². The normalized spacial score (nSPS) is 11.0. The molecule has 0 aliphatic heterocycles. The van der Waals surface area contributed by atoms with Crippen molar-refractivity contribution in [2.24, 2.45) is 5.73 Å². The van der Waals surface area contributed by atoms with Crippen LogP contribution in [0.1, 0.15) is 5.69 Å². The largest absolute Gasteiger partial charge is 0.325 e. The molecule has 0 fully saturated rings. The average Bonchev–Trinajstić information content (AvgIpc) is 3.30. The summed E-state index contributed by atoms with van der Waals surface area (Å²) in [5.41, 5.74) is 10.3. The van der Waals surface area contributed by atoms with Gasteiger partial charge in [-0.1, -0.05) is 23.7 Å². The topological polar surface area (TPSA) is 85.4 Å². The highest BCUT2D eigenvalue weighted by Crippen LogP contribution is 2.35. The summed E-state index contributed by atoms with van der Waals surface area (Å²) in [4.78, 5) is 8.40. The lowest BCUT2D eigenvalue weighted by atomic mass is 10.0. The van der Waals surface area contributed by atoms with E-state index in [1.807, 2.05) is 47.2 Å². The van der Waals surface area contributed by atoms with E-state index in [2.05, 4.69) is 20.2 Å². The molecule has 0 unspecified atom stereocenters. The Balaban J connectivity index is 1.92. The summed E-state index contributed by atoms with van der Waals surface area (Å²) in [6, 6.07) is 11.5. The molecule has 7 heteroatoms. The Labute approximate surface area is 149 Å². The van der Waals surface area contributed by atoms with E-state index in [9.17, 15) is 0 Å². The Morgan fingerprint density at radius 2 is 1.80 bits per heavy atom. The van der Waals surface area contributed by atoms with Crippen molar-refractivity contribution < 1.29 is 0 Å². The van der Waals surface area contributed by atoms with Crippen LogP contribution in [0, 0.1) is 0 Å². The highest BCUT2D eigenvalue weighted by molar-refractivity contribution is 6.30. The van der Waals surface area contributed by atoms with E-state index in [1.54, 1.807) is 18.7 Å². The van der Waals surface area contributed by atoms with Crippen LogP contribution in [-0.4, -0.2) is 24.7 Å². The van der Waals surface area contributed by atoms with E-state index >= 15 is 0 Å². The molecule has 3 heterocycles. The minimum absolute atomic E-state index is 0.381. The number of benzene rings is 1. The second-order valence-electron chi connectivity index (χ2n) is 5.52. The number of nitrogens with two attached hydrogens (primary N) is 1. The highest BCUT2D eigenvalue weighted by atomic mass is 35.5. The van der Waals surface area contributed by atoms with Crippen LogP contribution in [0.2, 0.25) is 5.02 Å². The molecule has 4 aromatic rings. The van der Waals surface area contributed by atoms with E-state index in [4.69, 9.17) is 17.3 Å². The fourth-order valence-electron chi connectivity index (χ4n) is 2.72. The van der Waals surface area contributed by atoms with E-state index < -0.39 is 0 Å². The number of aromatic nitrogens is 5. The van der Waals surface area contributed by atoms with Crippen LogP contribution in [-0.2, 0) is 6.54 Å². The zero-order valence-electron chi connectivity index (χ0n) is 13.2. The van der Waals surface area contributed by atoms with Gasteiger partial charge >= 0.3 is 0 Å². The molecule has 0 saturated carbocycles. The lowest BCUT2D eigenvalue weighted by Crippen LogP contribution is -1.97. The first-order valence-electron chi connectivity index (χ1n) is 7.74. The molecule has 0 spiro atoms. The van der Waals surface area contributed by atoms with Crippen molar-refractivity contribution in [1.82, 2.24) is 24.7 Å². The lowest BCUT2D eigenvalue weighted by molar-refractivity contribution is 0.956. The first-order chi connectivity index (χ1) is 12.3. The first-order valence-corrected chi connectivity index (χ1v) is 8.12. The minimum atomic E-state index is 0.381. The van der Waals surface area contributed by atoms with Crippen molar-refractivity contribution in [3.8, 4) is 28.2 Å². The third-order valence-electron chi connectivity index (χ3n) is 3.94. The number of H-pyrrole nitrogens is 1. The van der Waals surface area contributed by atoms with Gasteiger partial charge < -0.3 is 5.73 Å². The summed E-state index contributed by atoms with van der Waals surface area (Å²) in [6.45, 7) is 0.381. The van der Waals surface area contributed by atoms with Gasteiger partial charge in [-0.2, -0.15) is 5.10 Å². The number of imidazole rings is 1. The fraction of sp³-hybridized carbons (Fsp3) is 0.0556. The smallest absolute Gasteiger partial charge is 0.168 e. The Bertz CT molecular complexity index is 988. The first kappa shape index (κ1) is 15.6. The van der Waals surface area contributed by atoms with Crippen LogP contribution in [0.5, 0.6) is 0 Å². The highest BCUT2D eigenvalue weighted by Gasteiger charge is 2.18. The van der Waals surface area contributed by atoms with Crippen LogP contribution in [0.4, 0.5) is 0 Å². The predicted molar refractivity (Wildman–Crippen MR) is 97.3 cm³/mol. The minimum Gasteiger partial charge on any atom is -0.325 e. The van der Waals surface area contributed by atoms with Gasteiger partial charge in [0.15, 0.2) is 5.82 Å². The second kappa shape index (κ2) is 6.51. The number of nitrogens with zero attached hydrogens (tertiary/aromatic N) is 4. The van der Waals surface area contributed by atoms with Gasteiger partial charge in [0.05, 0.1) is 17.0 Å². The van der Waals surface area contributed by atoms with Crippen molar-refractivity contribution in [2.75, 3.05) is 0 Å². The lowest BCUT2D eigenvalue weighted by Gasteiger charge is -2.07. The number of rotatable bonds is 4. The van der Waals surface area contributed by atoms with E-state index in [0.29, 0.717) is 11.6 Å². The number of aromatic amines is 1. The SMILES string of the molecule is NCc1cn(-c2n[nH]c(-c3ccc(Cl)cc3)c2-c2ccncc2)cn1. The molecule has 0 aliphatic carbocycles. The van der Waals surface area contributed by atoms with Crippen LogP contribution >= 0.6 is 11.6 Å². The molecular formula is C18H15ClN6. The third kappa shape index (κ3) is 2.93. The molecule has 0 bridgehead atoms. The van der Waals surface area contributed by atoms with Gasteiger partial charge in [-0.05, 0) is 29.8 Å². The molecule has 6 nitrogen and oxygen atoms in total. The van der Waals surface area contributed by atoms with Crippen molar-refractivity contribution in [1.29, 1.82) is 0 Å². The zero-order valence-corrected chi connectivity index (χ0v) is 14.0. The van der Waals surface area contributed by atoms with Crippen molar-refractivity contribution in [3.63, 3.8) is 0 Å². The van der Waals surface area contributed by atoms with Crippen LogP contribution in [0.3, 0.4) is 0 Å². The number of hydrogen-bond acceptors (Lipinski definition) is 4. The molecule has 0 saturated heterocycles. The number of hydrogen-bond donors (Lipinski definition) is 2. The van der Waals surface area contributed by atoms with E-state index in [1.165, 1.54) is 0 Å². The summed E-state index contributed by atoms with van der Waals surface area (Å²) in [6.07, 6.45) is 7.12. The molecule has 4 rings (SSSR count). The van der Waals surface area contributed by atoms with E-state index in [-0.39, 0.29) is 0 Å². The average molecular weight is 351 g/mol. The summed E-state index contributed by atoms with van der Waals surface area (Å²) in [7, 11) is 0. The quantitative estimate of drug-likeness (QED) is 0.590. The maximum Gasteiger partial charge on any atom is 0.168 e. The Hall–Kier alpha value is -2.96. The molecule has 3 N–H and O–H groups in total. The molecule has 1 aromatic carbocycles. The van der Waals surface area contributed by atoms with Gasteiger partial charge in [-0.15, -0.1) is 0 Å². The van der Waals surface area contributed by atoms with Gasteiger partial charge in [-0.3, -0.25) is 14.6 Å². The summed E-state index contributed by atoms with van der Waals surface area (Å²) < 4.78 is 1.87. The standard InChI is InChI=1S/C18H15ClN6/c19-14-3-1-13(2-4-14)17-16(12-5-7-21-8-6-12)18(24-23-17)25-10-15(9-20)22-11-25/h1-8,10-11H,9,20H2,(H,23,24). The summed E-state index contributed by atoms with van der Waals surface area (Å²) in [5, 5.41) is 8.34. The summed E-state index contributed by atoms with van der Waals surface area (Å²) >= 11 is 6.02. The molecule has 124 valence electrons. The van der Waals surface area contributed by atoms with Gasteiger partial charge in [0.1, 0.15) is 6.33 Å². The van der Waals surface area contributed by atoms with Crippen LogP contribution in [0.25, 0.3) is 28.2 Å². The number of pyridine rings is 1. The summed E-state index contributed by atoms with van der Waals surface area (Å²) in [5.74, 6) is 0.753. The van der Waals surface area contributed by atoms with Crippen molar-refractivity contribution >= 4 is 11.6 Å². The maximum absolute atomic E-state index is 6.02. The molecule has 0 atom stereocenters. The van der Waals surface area contributed by atoms with Gasteiger partial charge in [0.25, 0.3) is 0 Å². The van der Waals surface area contributed by atoms with Gasteiger partial charge in [0.2, 0.25) is 0 Å². The number of nitrogens with one attached hydrogen (secondary N) is 1. The van der Waals surface area contributed by atoms with E-state index in [0.717, 1.165) is 33.9 Å². The monoisotopic (exact) mass is 350 g/mol. The van der Waals surface area contributed by atoms with Crippen molar-refractivity contribution in [3.05, 3.63) is 72.0 Å². The maximum atomic E-state index is 6.02. The molecular weight excluding hydrogens is 336 g/mol. The Kier molecular flexibility index (Phi) is 4.05. The molecule has 0 radical (unpaired) electrons. The Morgan fingerprint density at radius 3 is 2.48 bits per heavy atom. The second-order valence-corrected chi connectivity index (χ2v) is 5.95. The van der Waals surface area contributed by atoms with Crippen LogP contribution in [0.15, 0.2) is 61.3 Å². The Morgan fingerprint density at radius 1 is 1.04 bits per heavy atom. The number of halogens is 1. The zero-order chi connectivity index (χ0) is 17.2. The molecule has 0 aliphatic rings. The van der Waals surface area contributed by atoms with Gasteiger partial charge in [0, 0.05) is 35.7 Å². The molecule has 0 amide bonds. The fourth-order valence-corrected chi connectivity index (χ4v) is 2.85. The molecule has 25 heavy (non-hydrogen) atoms. The third-order valence-corrected chi connectivity index (χ3v) is 4.19. The van der Waals surface area contributed by atoms with Crippen molar-refractivity contribution in [2.45, 2.75) is 6.54 Å². The predicted octanol–water partition coefficient (Wildman–Crippen LogP) is 3.44.